The van der Waals surface area contributed by atoms with Gasteiger partial charge in [0.1, 0.15) is 0 Å². The van der Waals surface area contributed by atoms with E-state index in [4.69, 9.17) is 4.74 Å². The summed E-state index contributed by atoms with van der Waals surface area (Å²) in [5, 5.41) is 0. The second-order valence-electron chi connectivity index (χ2n) is 5.10. The summed E-state index contributed by atoms with van der Waals surface area (Å²) < 4.78 is 6.28. The number of hydrogen-bond donors (Lipinski definition) is 0. The number of quaternary nitrogens is 1. The first-order chi connectivity index (χ1) is 6.99. The van der Waals surface area contributed by atoms with E-state index in [1.54, 1.807) is 0 Å². The van der Waals surface area contributed by atoms with Crippen LogP contribution in [0.25, 0.3) is 0 Å². The molecule has 3 atom stereocenters. The average molecular weight is 214 g/mol. The van der Waals surface area contributed by atoms with Crippen LogP contribution in [0.4, 0.5) is 0 Å². The Balaban J connectivity index is 2.39. The standard InChI is InChI=1S/C12H24NO2/c1-5-10(2)12(14)15-9-13(4)8-6-7-11(13)3/h10-11H,5-9H2,1-4H3/q+1. The van der Waals surface area contributed by atoms with Gasteiger partial charge in [0.05, 0.1) is 25.6 Å². The molecule has 1 fully saturated rings. The monoisotopic (exact) mass is 214 g/mol. The highest BCUT2D eigenvalue weighted by Crippen LogP contribution is 2.24. The van der Waals surface area contributed by atoms with Gasteiger partial charge in [-0.3, -0.25) is 9.28 Å². The molecule has 0 bridgehead atoms. The second-order valence-corrected chi connectivity index (χ2v) is 5.10. The van der Waals surface area contributed by atoms with Crippen LogP contribution in [0, 0.1) is 5.92 Å². The van der Waals surface area contributed by atoms with Gasteiger partial charge in [-0.2, -0.15) is 0 Å². The molecule has 0 saturated carbocycles. The lowest BCUT2D eigenvalue weighted by atomic mass is 10.1. The Bertz CT molecular complexity index is 230. The highest BCUT2D eigenvalue weighted by molar-refractivity contribution is 5.71. The van der Waals surface area contributed by atoms with E-state index in [9.17, 15) is 4.79 Å². The van der Waals surface area contributed by atoms with Crippen LogP contribution in [-0.4, -0.2) is 36.8 Å². The number of carbonyl (C=O) groups excluding carboxylic acids is 1. The molecular formula is C12H24NO2+. The van der Waals surface area contributed by atoms with Crippen LogP contribution in [0.3, 0.4) is 0 Å². The number of esters is 1. The summed E-state index contributed by atoms with van der Waals surface area (Å²) >= 11 is 0. The summed E-state index contributed by atoms with van der Waals surface area (Å²) in [6.45, 7) is 7.86. The molecule has 1 aliphatic rings. The molecular weight excluding hydrogens is 190 g/mol. The third-order valence-electron chi connectivity index (χ3n) is 3.87. The smallest absolute Gasteiger partial charge is 0.312 e. The number of rotatable bonds is 4. The molecule has 1 rings (SSSR count). The van der Waals surface area contributed by atoms with Gasteiger partial charge in [0.2, 0.25) is 6.73 Å². The van der Waals surface area contributed by atoms with E-state index in [-0.39, 0.29) is 11.9 Å². The summed E-state index contributed by atoms with van der Waals surface area (Å²) in [5.41, 5.74) is 0. The van der Waals surface area contributed by atoms with Crippen molar-refractivity contribution in [2.75, 3.05) is 20.3 Å². The number of nitrogens with zero attached hydrogens (tertiary/aromatic N) is 1. The summed E-state index contributed by atoms with van der Waals surface area (Å²) in [7, 11) is 2.18. The van der Waals surface area contributed by atoms with E-state index in [1.165, 1.54) is 12.8 Å². The molecule has 1 aliphatic heterocycles. The molecule has 0 spiro atoms. The normalized spacial score (nSPS) is 32.7. The van der Waals surface area contributed by atoms with Gasteiger partial charge in [0.15, 0.2) is 0 Å². The lowest BCUT2D eigenvalue weighted by Gasteiger charge is -2.33. The maximum absolute atomic E-state index is 11.5. The van der Waals surface area contributed by atoms with Gasteiger partial charge in [-0.05, 0) is 13.3 Å². The van der Waals surface area contributed by atoms with Crippen molar-refractivity contribution >= 4 is 5.97 Å². The van der Waals surface area contributed by atoms with Crippen molar-refractivity contribution in [1.29, 1.82) is 0 Å². The molecule has 1 heterocycles. The van der Waals surface area contributed by atoms with E-state index < -0.39 is 0 Å². The predicted molar refractivity (Wildman–Crippen MR) is 60.2 cm³/mol. The molecule has 0 aliphatic carbocycles. The van der Waals surface area contributed by atoms with Crippen molar-refractivity contribution in [3.8, 4) is 0 Å². The number of ether oxygens (including phenoxy) is 1. The van der Waals surface area contributed by atoms with Crippen LogP contribution in [0.1, 0.15) is 40.0 Å². The average Bonchev–Trinajstić information content (AvgIpc) is 2.55. The Hall–Kier alpha value is -0.570. The molecule has 0 aromatic rings. The molecule has 3 heteroatoms. The number of carbonyl (C=O) groups is 1. The first-order valence-corrected chi connectivity index (χ1v) is 6.00. The summed E-state index contributed by atoms with van der Waals surface area (Å²) in [5.74, 6) is -0.00883. The molecule has 3 nitrogen and oxygen atoms in total. The van der Waals surface area contributed by atoms with Crippen molar-refractivity contribution in [2.24, 2.45) is 5.92 Å². The molecule has 0 aromatic carbocycles. The van der Waals surface area contributed by atoms with Gasteiger partial charge >= 0.3 is 5.97 Å². The maximum Gasteiger partial charge on any atom is 0.312 e. The molecule has 1 saturated heterocycles. The largest absolute Gasteiger partial charge is 0.415 e. The van der Waals surface area contributed by atoms with Gasteiger partial charge in [0.25, 0.3) is 0 Å². The lowest BCUT2D eigenvalue weighted by Crippen LogP contribution is -2.48. The fourth-order valence-corrected chi connectivity index (χ4v) is 1.99. The molecule has 15 heavy (non-hydrogen) atoms. The highest BCUT2D eigenvalue weighted by atomic mass is 16.5. The van der Waals surface area contributed by atoms with Crippen molar-refractivity contribution in [3.05, 3.63) is 0 Å². The topological polar surface area (TPSA) is 26.3 Å². The van der Waals surface area contributed by atoms with Gasteiger partial charge in [-0.25, -0.2) is 0 Å². The Morgan fingerprint density at radius 3 is 2.73 bits per heavy atom. The van der Waals surface area contributed by atoms with Gasteiger partial charge < -0.3 is 4.74 Å². The predicted octanol–water partition coefficient (Wildman–Crippen LogP) is 2.16. The van der Waals surface area contributed by atoms with E-state index in [2.05, 4.69) is 14.0 Å². The zero-order valence-electron chi connectivity index (χ0n) is 10.5. The third-order valence-corrected chi connectivity index (χ3v) is 3.87. The molecule has 3 unspecified atom stereocenters. The molecule has 0 aromatic heterocycles. The zero-order chi connectivity index (χ0) is 11.5. The van der Waals surface area contributed by atoms with Crippen LogP contribution in [-0.2, 0) is 9.53 Å². The Morgan fingerprint density at radius 2 is 2.27 bits per heavy atom. The third kappa shape index (κ3) is 2.94. The van der Waals surface area contributed by atoms with Crippen LogP contribution in [0.5, 0.6) is 0 Å². The van der Waals surface area contributed by atoms with Crippen LogP contribution >= 0.6 is 0 Å². The quantitative estimate of drug-likeness (QED) is 0.529. The minimum absolute atomic E-state index is 0.0366. The minimum atomic E-state index is -0.0454. The molecule has 0 radical (unpaired) electrons. The lowest BCUT2D eigenvalue weighted by molar-refractivity contribution is -0.935. The van der Waals surface area contributed by atoms with Gasteiger partial charge in [-0.15, -0.1) is 0 Å². The SMILES string of the molecule is CCC(C)C(=O)OC[N+]1(C)CCCC1C. The van der Waals surface area contributed by atoms with E-state index in [0.717, 1.165) is 17.4 Å². The zero-order valence-corrected chi connectivity index (χ0v) is 10.5. The van der Waals surface area contributed by atoms with E-state index >= 15 is 0 Å². The van der Waals surface area contributed by atoms with Crippen LogP contribution in [0.2, 0.25) is 0 Å². The first kappa shape index (κ1) is 12.5. The van der Waals surface area contributed by atoms with Gasteiger partial charge in [0, 0.05) is 12.8 Å². The van der Waals surface area contributed by atoms with Crippen molar-refractivity contribution in [3.63, 3.8) is 0 Å². The summed E-state index contributed by atoms with van der Waals surface area (Å²) in [6.07, 6.45) is 3.36. The van der Waals surface area contributed by atoms with Crippen molar-refractivity contribution in [1.82, 2.24) is 0 Å². The Morgan fingerprint density at radius 1 is 1.60 bits per heavy atom. The second kappa shape index (κ2) is 4.97. The van der Waals surface area contributed by atoms with E-state index in [0.29, 0.717) is 12.8 Å². The number of hydrogen-bond acceptors (Lipinski definition) is 2. The fourth-order valence-electron chi connectivity index (χ4n) is 1.99. The van der Waals surface area contributed by atoms with Gasteiger partial charge in [-0.1, -0.05) is 13.8 Å². The summed E-state index contributed by atoms with van der Waals surface area (Å²) in [6, 6.07) is 0.620. The molecule has 88 valence electrons. The maximum atomic E-state index is 11.5. The Kier molecular flexibility index (Phi) is 4.14. The van der Waals surface area contributed by atoms with Crippen molar-refractivity contribution < 1.29 is 14.0 Å². The van der Waals surface area contributed by atoms with E-state index in [1.807, 2.05) is 13.8 Å². The Labute approximate surface area is 93.0 Å². The summed E-state index contributed by atoms with van der Waals surface area (Å²) in [4.78, 5) is 11.5. The molecule has 0 N–H and O–H groups in total. The van der Waals surface area contributed by atoms with Crippen LogP contribution in [0.15, 0.2) is 0 Å². The fraction of sp³-hybridized carbons (Fsp3) is 0.917. The van der Waals surface area contributed by atoms with Crippen LogP contribution < -0.4 is 0 Å². The minimum Gasteiger partial charge on any atom is -0.415 e. The first-order valence-electron chi connectivity index (χ1n) is 6.00. The number of likely N-dealkylation sites (tertiary alicyclic amines) is 1. The molecule has 0 amide bonds. The van der Waals surface area contributed by atoms with Crippen molar-refractivity contribution in [2.45, 2.75) is 46.1 Å². The highest BCUT2D eigenvalue weighted by Gasteiger charge is 2.35.